The highest BCUT2D eigenvalue weighted by Crippen LogP contribution is 2.40. The van der Waals surface area contributed by atoms with Crippen molar-refractivity contribution in [2.75, 3.05) is 13.7 Å². The van der Waals surface area contributed by atoms with Crippen molar-refractivity contribution >= 4 is 17.4 Å². The van der Waals surface area contributed by atoms with E-state index in [1.54, 1.807) is 43.8 Å². The maximum absolute atomic E-state index is 12.9. The van der Waals surface area contributed by atoms with Crippen molar-refractivity contribution in [2.45, 2.75) is 45.6 Å². The molecule has 2 heterocycles. The number of nitrogens with zero attached hydrogens (tertiary/aromatic N) is 2. The summed E-state index contributed by atoms with van der Waals surface area (Å²) in [4.78, 5) is 31.2. The first-order valence-electron chi connectivity index (χ1n) is 10.1. The minimum Gasteiger partial charge on any atom is -0.507 e. The van der Waals surface area contributed by atoms with Crippen LogP contribution >= 0.6 is 0 Å². The van der Waals surface area contributed by atoms with Gasteiger partial charge in [-0.3, -0.25) is 14.6 Å². The third kappa shape index (κ3) is 3.82. The number of likely N-dealkylation sites (tertiary alicyclic amines) is 1. The maximum atomic E-state index is 12.9. The van der Waals surface area contributed by atoms with E-state index in [1.165, 1.54) is 4.90 Å². The van der Waals surface area contributed by atoms with Crippen molar-refractivity contribution in [3.63, 3.8) is 0 Å². The van der Waals surface area contributed by atoms with Gasteiger partial charge in [-0.15, -0.1) is 0 Å². The van der Waals surface area contributed by atoms with Crippen molar-refractivity contribution in [3.8, 4) is 5.75 Å². The zero-order valence-corrected chi connectivity index (χ0v) is 18.1. The standard InChI is InChI=1S/C24H28N2O4/c1-6-13-26-20(15-9-11-25-12-10-15)19(22(28)23(26)29)21(27)16-7-8-18(30-5)17(14-16)24(2,3)4/h7-12,14,20,27H,6,13H2,1-5H3/b21-19-. The highest BCUT2D eigenvalue weighted by atomic mass is 16.5. The number of carbonyl (C=O) groups excluding carboxylic acids is 2. The van der Waals surface area contributed by atoms with Gasteiger partial charge in [0.05, 0.1) is 18.7 Å². The van der Waals surface area contributed by atoms with Crippen molar-refractivity contribution in [2.24, 2.45) is 0 Å². The number of pyridine rings is 1. The van der Waals surface area contributed by atoms with Crippen LogP contribution in [0, 0.1) is 0 Å². The van der Waals surface area contributed by atoms with Gasteiger partial charge >= 0.3 is 0 Å². The smallest absolute Gasteiger partial charge is 0.295 e. The first-order chi connectivity index (χ1) is 14.2. The van der Waals surface area contributed by atoms with E-state index >= 15 is 0 Å². The lowest BCUT2D eigenvalue weighted by Crippen LogP contribution is -2.30. The average molecular weight is 408 g/mol. The summed E-state index contributed by atoms with van der Waals surface area (Å²) in [5.74, 6) is -0.737. The summed E-state index contributed by atoms with van der Waals surface area (Å²) in [6.45, 7) is 8.51. The lowest BCUT2D eigenvalue weighted by molar-refractivity contribution is -0.139. The predicted octanol–water partition coefficient (Wildman–Crippen LogP) is 4.22. The molecule has 1 aliphatic heterocycles. The number of carbonyl (C=O) groups is 2. The number of aromatic nitrogens is 1. The molecule has 6 nitrogen and oxygen atoms in total. The Kier molecular flexibility index (Phi) is 5.97. The van der Waals surface area contributed by atoms with Gasteiger partial charge in [-0.05, 0) is 47.7 Å². The van der Waals surface area contributed by atoms with Gasteiger partial charge < -0.3 is 14.7 Å². The summed E-state index contributed by atoms with van der Waals surface area (Å²) >= 11 is 0. The van der Waals surface area contributed by atoms with Crippen LogP contribution in [0.1, 0.15) is 56.8 Å². The van der Waals surface area contributed by atoms with E-state index in [0.717, 1.165) is 11.1 Å². The molecule has 0 saturated carbocycles. The minimum atomic E-state index is -0.670. The molecule has 2 aromatic rings. The molecule has 1 aromatic carbocycles. The summed E-state index contributed by atoms with van der Waals surface area (Å²) < 4.78 is 5.48. The Bertz CT molecular complexity index is 990. The molecule has 3 rings (SSSR count). The molecule has 6 heteroatoms. The normalized spacial score (nSPS) is 18.7. The zero-order chi connectivity index (χ0) is 22.1. The van der Waals surface area contributed by atoms with E-state index in [9.17, 15) is 14.7 Å². The van der Waals surface area contributed by atoms with Gasteiger partial charge in [0.2, 0.25) is 0 Å². The lowest BCUT2D eigenvalue weighted by Gasteiger charge is -2.25. The van der Waals surface area contributed by atoms with Crippen LogP contribution in [0.5, 0.6) is 5.75 Å². The Balaban J connectivity index is 2.21. The van der Waals surface area contributed by atoms with Gasteiger partial charge in [0.25, 0.3) is 11.7 Å². The van der Waals surface area contributed by atoms with Crippen molar-refractivity contribution < 1.29 is 19.4 Å². The molecule has 158 valence electrons. The average Bonchev–Trinajstić information content (AvgIpc) is 2.98. The van der Waals surface area contributed by atoms with Gasteiger partial charge in [0.1, 0.15) is 11.5 Å². The predicted molar refractivity (Wildman–Crippen MR) is 115 cm³/mol. The number of Topliss-reactive ketones (excluding diaryl/α,β-unsaturated/α-hetero) is 1. The quantitative estimate of drug-likeness (QED) is 0.455. The summed E-state index contributed by atoms with van der Waals surface area (Å²) in [7, 11) is 1.60. The fourth-order valence-corrected chi connectivity index (χ4v) is 3.84. The van der Waals surface area contributed by atoms with Gasteiger partial charge in [0, 0.05) is 30.1 Å². The second-order valence-corrected chi connectivity index (χ2v) is 8.44. The number of hydrogen-bond acceptors (Lipinski definition) is 5. The van der Waals surface area contributed by atoms with E-state index in [4.69, 9.17) is 4.74 Å². The zero-order valence-electron chi connectivity index (χ0n) is 18.1. The third-order valence-electron chi connectivity index (χ3n) is 5.31. The highest BCUT2D eigenvalue weighted by molar-refractivity contribution is 6.46. The number of benzene rings is 1. The second-order valence-electron chi connectivity index (χ2n) is 8.44. The van der Waals surface area contributed by atoms with E-state index in [-0.39, 0.29) is 16.7 Å². The van der Waals surface area contributed by atoms with Gasteiger partial charge in [-0.25, -0.2) is 0 Å². The van der Waals surface area contributed by atoms with Gasteiger partial charge in [0.15, 0.2) is 0 Å². The number of rotatable bonds is 5. The summed E-state index contributed by atoms with van der Waals surface area (Å²) in [5.41, 5.74) is 1.99. The fraction of sp³-hybridized carbons (Fsp3) is 0.375. The number of aliphatic hydroxyl groups excluding tert-OH is 1. The van der Waals surface area contributed by atoms with Gasteiger partial charge in [-0.2, -0.15) is 0 Å². The second kappa shape index (κ2) is 8.30. The number of ether oxygens (including phenoxy) is 1. The van der Waals surface area contributed by atoms with Crippen molar-refractivity contribution in [3.05, 3.63) is 65.0 Å². The SMILES string of the molecule is CCCN1C(=O)C(=O)/C(=C(\O)c2ccc(OC)c(C(C)(C)C)c2)C1c1ccncc1. The van der Waals surface area contributed by atoms with E-state index in [2.05, 4.69) is 4.98 Å². The molecule has 0 radical (unpaired) electrons. The Morgan fingerprint density at radius 2 is 1.83 bits per heavy atom. The van der Waals surface area contributed by atoms with Crippen LogP contribution in [0.4, 0.5) is 0 Å². The molecule has 1 aliphatic rings. The Labute approximate surface area is 177 Å². The number of aliphatic hydroxyl groups is 1. The largest absolute Gasteiger partial charge is 0.507 e. The van der Waals surface area contributed by atoms with Crippen LogP contribution < -0.4 is 4.74 Å². The van der Waals surface area contributed by atoms with Crippen molar-refractivity contribution in [1.29, 1.82) is 0 Å². The fourth-order valence-electron chi connectivity index (χ4n) is 3.84. The molecule has 1 atom stereocenters. The van der Waals surface area contributed by atoms with Crippen LogP contribution in [0.2, 0.25) is 0 Å². The molecule has 1 saturated heterocycles. The third-order valence-corrected chi connectivity index (χ3v) is 5.31. The Morgan fingerprint density at radius 3 is 2.40 bits per heavy atom. The molecule has 0 aliphatic carbocycles. The van der Waals surface area contributed by atoms with Crippen molar-refractivity contribution in [1.82, 2.24) is 9.88 Å². The topological polar surface area (TPSA) is 79.7 Å². The van der Waals surface area contributed by atoms with E-state index < -0.39 is 17.7 Å². The highest BCUT2D eigenvalue weighted by Gasteiger charge is 2.45. The Hall–Kier alpha value is -3.15. The van der Waals surface area contributed by atoms with Crippen LogP contribution in [0.15, 0.2) is 48.3 Å². The number of hydrogen-bond donors (Lipinski definition) is 1. The maximum Gasteiger partial charge on any atom is 0.295 e. The van der Waals surface area contributed by atoms with Crippen LogP contribution in [0.25, 0.3) is 5.76 Å². The number of methoxy groups -OCH3 is 1. The molecule has 1 aromatic heterocycles. The Morgan fingerprint density at radius 1 is 1.17 bits per heavy atom. The summed E-state index contributed by atoms with van der Waals surface area (Å²) in [6.07, 6.45) is 3.93. The summed E-state index contributed by atoms with van der Waals surface area (Å²) in [5, 5.41) is 11.2. The van der Waals surface area contributed by atoms with Crippen LogP contribution in [-0.2, 0) is 15.0 Å². The molecule has 1 unspecified atom stereocenters. The molecule has 1 N–H and O–H groups in total. The molecule has 0 spiro atoms. The molecular formula is C24H28N2O4. The number of amides is 1. The molecule has 1 amide bonds. The first-order valence-corrected chi connectivity index (χ1v) is 10.1. The van der Waals surface area contributed by atoms with Crippen LogP contribution in [0.3, 0.4) is 0 Å². The molecule has 1 fully saturated rings. The minimum absolute atomic E-state index is 0.102. The van der Waals surface area contributed by atoms with Crippen LogP contribution in [-0.4, -0.2) is 40.3 Å². The number of ketones is 1. The molecule has 0 bridgehead atoms. The summed E-state index contributed by atoms with van der Waals surface area (Å²) in [6, 6.07) is 8.19. The monoisotopic (exact) mass is 408 g/mol. The molecular weight excluding hydrogens is 380 g/mol. The van der Waals surface area contributed by atoms with E-state index in [0.29, 0.717) is 24.3 Å². The molecule has 30 heavy (non-hydrogen) atoms. The van der Waals surface area contributed by atoms with Gasteiger partial charge in [-0.1, -0.05) is 27.7 Å². The lowest BCUT2D eigenvalue weighted by atomic mass is 9.84. The van der Waals surface area contributed by atoms with E-state index in [1.807, 2.05) is 33.8 Å². The first kappa shape index (κ1) is 21.6.